The van der Waals surface area contributed by atoms with Gasteiger partial charge in [-0.15, -0.1) is 0 Å². The Bertz CT molecular complexity index is 1130. The summed E-state index contributed by atoms with van der Waals surface area (Å²) in [5, 5.41) is 17.2. The van der Waals surface area contributed by atoms with Gasteiger partial charge >= 0.3 is 0 Å². The maximum absolute atomic E-state index is 5.97. The number of fused-ring (bicyclic) bond motifs is 1. The molecule has 1 N–H and O–H groups in total. The molecule has 8 nitrogen and oxygen atoms in total. The highest BCUT2D eigenvalue weighted by atomic mass is 35.5. The van der Waals surface area contributed by atoms with Crippen LogP contribution in [0.3, 0.4) is 0 Å². The molecule has 9 heteroatoms. The van der Waals surface area contributed by atoms with Crippen molar-refractivity contribution < 1.29 is 4.74 Å². The molecule has 1 atom stereocenters. The van der Waals surface area contributed by atoms with Crippen molar-refractivity contribution in [3.05, 3.63) is 59.4 Å². The molecule has 0 saturated heterocycles. The van der Waals surface area contributed by atoms with Crippen LogP contribution in [0.1, 0.15) is 24.4 Å². The van der Waals surface area contributed by atoms with E-state index in [2.05, 4.69) is 30.6 Å². The van der Waals surface area contributed by atoms with E-state index in [0.717, 1.165) is 22.5 Å². The van der Waals surface area contributed by atoms with Crippen molar-refractivity contribution in [1.29, 1.82) is 0 Å². The fourth-order valence-electron chi connectivity index (χ4n) is 2.89. The van der Waals surface area contributed by atoms with E-state index in [9.17, 15) is 0 Å². The summed E-state index contributed by atoms with van der Waals surface area (Å²) in [5.74, 6) is 1.28. The van der Waals surface area contributed by atoms with Crippen molar-refractivity contribution in [3.8, 4) is 11.4 Å². The Labute approximate surface area is 166 Å². The summed E-state index contributed by atoms with van der Waals surface area (Å²) >= 11 is 5.97. The molecule has 28 heavy (non-hydrogen) atoms. The van der Waals surface area contributed by atoms with E-state index in [1.54, 1.807) is 24.1 Å². The smallest absolute Gasteiger partial charge is 0.151 e. The topological polar surface area (TPSA) is 90.6 Å². The molecule has 0 bridgehead atoms. The number of ether oxygens (including phenoxy) is 1. The average molecular weight is 396 g/mol. The van der Waals surface area contributed by atoms with Crippen molar-refractivity contribution in [3.63, 3.8) is 0 Å². The minimum absolute atomic E-state index is 0.0972. The molecule has 1 unspecified atom stereocenters. The number of nitrogens with zero attached hydrogens (tertiary/aromatic N) is 6. The van der Waals surface area contributed by atoms with Gasteiger partial charge in [-0.05, 0) is 38.1 Å². The van der Waals surface area contributed by atoms with Gasteiger partial charge in [0, 0.05) is 17.6 Å². The van der Waals surface area contributed by atoms with Crippen LogP contribution < -0.4 is 10.1 Å². The third kappa shape index (κ3) is 3.46. The second-order valence-corrected chi connectivity index (χ2v) is 6.70. The van der Waals surface area contributed by atoms with Crippen molar-refractivity contribution in [2.75, 3.05) is 12.4 Å². The lowest BCUT2D eigenvalue weighted by molar-refractivity contribution is 0.418. The first-order valence-corrected chi connectivity index (χ1v) is 9.04. The summed E-state index contributed by atoms with van der Waals surface area (Å²) in [4.78, 5) is 8.81. The van der Waals surface area contributed by atoms with Crippen LogP contribution >= 0.6 is 11.6 Å². The number of rotatable bonds is 5. The number of nitrogens with one attached hydrogen (secondary N) is 1. The molecule has 4 rings (SSSR count). The molecule has 0 amide bonds. The van der Waals surface area contributed by atoms with Crippen LogP contribution in [0.15, 0.2) is 42.9 Å². The first-order valence-electron chi connectivity index (χ1n) is 8.66. The monoisotopic (exact) mass is 395 g/mol. The van der Waals surface area contributed by atoms with Gasteiger partial charge in [-0.25, -0.2) is 14.6 Å². The van der Waals surface area contributed by atoms with Gasteiger partial charge < -0.3 is 10.1 Å². The lowest BCUT2D eigenvalue weighted by Crippen LogP contribution is -2.11. The van der Waals surface area contributed by atoms with Gasteiger partial charge in [-0.3, -0.25) is 0 Å². The minimum atomic E-state index is -0.0972. The maximum Gasteiger partial charge on any atom is 0.151 e. The van der Waals surface area contributed by atoms with Crippen molar-refractivity contribution >= 4 is 28.3 Å². The Morgan fingerprint density at radius 2 is 2.00 bits per heavy atom. The summed E-state index contributed by atoms with van der Waals surface area (Å²) in [5.41, 5.74) is 3.18. The van der Waals surface area contributed by atoms with E-state index < -0.39 is 0 Å². The number of aromatic nitrogens is 6. The van der Waals surface area contributed by atoms with Crippen LogP contribution in [0, 0.1) is 6.92 Å². The molecule has 0 spiro atoms. The number of methoxy groups -OCH3 is 1. The molecule has 3 aromatic heterocycles. The number of benzene rings is 1. The first-order chi connectivity index (χ1) is 13.5. The fourth-order valence-corrected chi connectivity index (χ4v) is 3.03. The molecule has 1 aromatic carbocycles. The molecule has 4 aromatic rings. The van der Waals surface area contributed by atoms with Crippen LogP contribution in [-0.2, 0) is 0 Å². The molecule has 0 radical (unpaired) electrons. The van der Waals surface area contributed by atoms with E-state index in [1.807, 2.05) is 38.1 Å². The van der Waals surface area contributed by atoms with E-state index in [1.165, 1.54) is 6.33 Å². The summed E-state index contributed by atoms with van der Waals surface area (Å²) in [7, 11) is 1.61. The average Bonchev–Trinajstić information content (AvgIpc) is 3.14. The van der Waals surface area contributed by atoms with Crippen LogP contribution in [0.5, 0.6) is 5.75 Å². The molecule has 0 aliphatic heterocycles. The Morgan fingerprint density at radius 1 is 1.14 bits per heavy atom. The zero-order chi connectivity index (χ0) is 19.7. The zero-order valence-electron chi connectivity index (χ0n) is 15.6. The van der Waals surface area contributed by atoms with Gasteiger partial charge in [-0.1, -0.05) is 11.6 Å². The SMILES string of the molecule is COc1cc(-n2ccc(Cl)n2)cc2c(NC(C)c3ccc(C)nn3)ncnc12. The molecule has 0 fully saturated rings. The number of halogens is 1. The van der Waals surface area contributed by atoms with E-state index in [-0.39, 0.29) is 6.04 Å². The lowest BCUT2D eigenvalue weighted by Gasteiger charge is -2.16. The normalized spacial score (nSPS) is 12.1. The molecule has 0 aliphatic carbocycles. The lowest BCUT2D eigenvalue weighted by atomic mass is 10.1. The Hall–Kier alpha value is -3.26. The van der Waals surface area contributed by atoms with E-state index >= 15 is 0 Å². The van der Waals surface area contributed by atoms with Gasteiger partial charge in [0.2, 0.25) is 0 Å². The second-order valence-electron chi connectivity index (χ2n) is 6.32. The Kier molecular flexibility index (Phi) is 4.79. The molecular weight excluding hydrogens is 378 g/mol. The molecular formula is C19H18ClN7O. The molecule has 3 heterocycles. The third-order valence-electron chi connectivity index (χ3n) is 4.34. The summed E-state index contributed by atoms with van der Waals surface area (Å²) in [6.45, 7) is 3.91. The summed E-state index contributed by atoms with van der Waals surface area (Å²) < 4.78 is 7.22. The molecule has 142 valence electrons. The highest BCUT2D eigenvalue weighted by Crippen LogP contribution is 2.32. The van der Waals surface area contributed by atoms with Gasteiger partial charge in [0.25, 0.3) is 0 Å². The largest absolute Gasteiger partial charge is 0.494 e. The second kappa shape index (κ2) is 7.40. The van der Waals surface area contributed by atoms with Crippen molar-refractivity contribution in [1.82, 2.24) is 29.9 Å². The number of hydrogen-bond acceptors (Lipinski definition) is 7. The van der Waals surface area contributed by atoms with Crippen LogP contribution in [0.4, 0.5) is 5.82 Å². The highest BCUT2D eigenvalue weighted by Gasteiger charge is 2.15. The predicted molar refractivity (Wildman–Crippen MR) is 107 cm³/mol. The fraction of sp³-hybridized carbons (Fsp3) is 0.211. The Morgan fingerprint density at radius 3 is 2.68 bits per heavy atom. The maximum atomic E-state index is 5.97. The number of aryl methyl sites for hydroxylation is 1. The summed E-state index contributed by atoms with van der Waals surface area (Å²) in [6, 6.07) is 9.30. The standard InChI is InChI=1S/C19H18ClN7O/c1-11-4-5-15(25-24-11)12(2)23-19-14-8-13(27-7-6-17(20)26-27)9-16(28-3)18(14)21-10-22-19/h4-10,12H,1-3H3,(H,21,22,23). The van der Waals surface area contributed by atoms with Crippen molar-refractivity contribution in [2.45, 2.75) is 19.9 Å². The van der Waals surface area contributed by atoms with E-state index in [4.69, 9.17) is 16.3 Å². The van der Waals surface area contributed by atoms with Gasteiger partial charge in [-0.2, -0.15) is 15.3 Å². The zero-order valence-corrected chi connectivity index (χ0v) is 16.3. The highest BCUT2D eigenvalue weighted by molar-refractivity contribution is 6.29. The molecule has 0 saturated carbocycles. The summed E-state index contributed by atoms with van der Waals surface area (Å²) in [6.07, 6.45) is 3.29. The van der Waals surface area contributed by atoms with E-state index in [0.29, 0.717) is 22.2 Å². The van der Waals surface area contributed by atoms with Gasteiger partial charge in [0.15, 0.2) is 5.15 Å². The third-order valence-corrected chi connectivity index (χ3v) is 4.55. The van der Waals surface area contributed by atoms with Crippen LogP contribution in [0.25, 0.3) is 16.6 Å². The minimum Gasteiger partial charge on any atom is -0.494 e. The van der Waals surface area contributed by atoms with Gasteiger partial charge in [0.05, 0.1) is 30.2 Å². The molecule has 0 aliphatic rings. The van der Waals surface area contributed by atoms with Crippen molar-refractivity contribution in [2.24, 2.45) is 0 Å². The number of hydrogen-bond donors (Lipinski definition) is 1. The van der Waals surface area contributed by atoms with Gasteiger partial charge in [0.1, 0.15) is 23.4 Å². The van der Waals surface area contributed by atoms with Crippen LogP contribution in [-0.4, -0.2) is 37.1 Å². The first kappa shape index (κ1) is 18.1. The quantitative estimate of drug-likeness (QED) is 0.550. The Balaban J connectivity index is 1.78. The predicted octanol–water partition coefficient (Wildman–Crippen LogP) is 3.75. The van der Waals surface area contributed by atoms with Crippen LogP contribution in [0.2, 0.25) is 5.15 Å². The number of anilines is 1.